The Labute approximate surface area is 174 Å². The fourth-order valence-corrected chi connectivity index (χ4v) is 4.80. The highest BCUT2D eigenvalue weighted by Gasteiger charge is 2.43. The second kappa shape index (κ2) is 6.37. The molecule has 0 amide bonds. The molecular formula is C24H23N5O. The number of pyridine rings is 1. The molecule has 2 aromatic carbocycles. The molecule has 2 aromatic heterocycles. The topological polar surface area (TPSA) is 74.2 Å². The number of phenols is 1. The molecule has 2 aliphatic heterocycles. The standard InChI is InChI=1S/C24H23N5O/c1-15-8-20-22(26-11-15)21(19-10-17(30)9-16-4-2-3-5-18(16)19)28-23(27-20)29-7-6-24(14-29)12-25-13-24/h2-5,8-11,25,30H,6-7,12-14H2,1H3. The van der Waals surface area contributed by atoms with Crippen LogP contribution in [0.25, 0.3) is 33.1 Å². The van der Waals surface area contributed by atoms with Gasteiger partial charge in [-0.2, -0.15) is 0 Å². The summed E-state index contributed by atoms with van der Waals surface area (Å²) in [7, 11) is 0. The Morgan fingerprint density at radius 3 is 2.77 bits per heavy atom. The molecule has 4 heterocycles. The third-order valence-corrected chi connectivity index (χ3v) is 6.48. The van der Waals surface area contributed by atoms with Crippen molar-refractivity contribution in [1.29, 1.82) is 0 Å². The summed E-state index contributed by atoms with van der Waals surface area (Å²) in [6.07, 6.45) is 3.02. The van der Waals surface area contributed by atoms with Crippen molar-refractivity contribution in [3.8, 4) is 17.0 Å². The van der Waals surface area contributed by atoms with Crippen LogP contribution in [0.1, 0.15) is 12.0 Å². The van der Waals surface area contributed by atoms with E-state index in [2.05, 4.69) is 27.3 Å². The first-order chi connectivity index (χ1) is 14.6. The average molecular weight is 397 g/mol. The van der Waals surface area contributed by atoms with Crippen LogP contribution in [0.2, 0.25) is 0 Å². The van der Waals surface area contributed by atoms with Gasteiger partial charge in [0.25, 0.3) is 0 Å². The lowest BCUT2D eigenvalue weighted by Crippen LogP contribution is -2.54. The van der Waals surface area contributed by atoms with Crippen LogP contribution in [0.4, 0.5) is 5.95 Å². The van der Waals surface area contributed by atoms with Crippen molar-refractivity contribution in [2.24, 2.45) is 5.41 Å². The monoisotopic (exact) mass is 397 g/mol. The Hall–Kier alpha value is -3.25. The quantitative estimate of drug-likeness (QED) is 0.538. The molecule has 150 valence electrons. The second-order valence-corrected chi connectivity index (χ2v) is 8.74. The third kappa shape index (κ3) is 2.71. The van der Waals surface area contributed by atoms with Gasteiger partial charge in [-0.05, 0) is 47.9 Å². The van der Waals surface area contributed by atoms with Crippen LogP contribution in [-0.4, -0.2) is 46.2 Å². The second-order valence-electron chi connectivity index (χ2n) is 8.74. The smallest absolute Gasteiger partial charge is 0.226 e. The Kier molecular flexibility index (Phi) is 3.74. The van der Waals surface area contributed by atoms with Crippen molar-refractivity contribution in [3.63, 3.8) is 0 Å². The number of aryl methyl sites for hydroxylation is 1. The fraction of sp³-hybridized carbons (Fsp3) is 0.292. The highest BCUT2D eigenvalue weighted by molar-refractivity contribution is 6.03. The first-order valence-corrected chi connectivity index (χ1v) is 10.4. The lowest BCUT2D eigenvalue weighted by molar-refractivity contribution is 0.199. The Morgan fingerprint density at radius 1 is 1.10 bits per heavy atom. The summed E-state index contributed by atoms with van der Waals surface area (Å²) < 4.78 is 0. The SMILES string of the molecule is Cc1cnc2c(-c3cc(O)cc4ccccc34)nc(N3CCC4(CNC4)C3)nc2c1. The van der Waals surface area contributed by atoms with Gasteiger partial charge in [0.15, 0.2) is 0 Å². The van der Waals surface area contributed by atoms with Crippen LogP contribution in [-0.2, 0) is 0 Å². The molecule has 30 heavy (non-hydrogen) atoms. The van der Waals surface area contributed by atoms with Gasteiger partial charge in [-0.1, -0.05) is 24.3 Å². The molecule has 6 heteroatoms. The predicted molar refractivity (Wildman–Crippen MR) is 119 cm³/mol. The van der Waals surface area contributed by atoms with E-state index >= 15 is 0 Å². The first-order valence-electron chi connectivity index (χ1n) is 10.4. The molecule has 2 fully saturated rings. The zero-order valence-corrected chi connectivity index (χ0v) is 16.9. The minimum Gasteiger partial charge on any atom is -0.508 e. The van der Waals surface area contributed by atoms with Crippen LogP contribution in [0, 0.1) is 12.3 Å². The van der Waals surface area contributed by atoms with E-state index in [0.29, 0.717) is 5.41 Å². The highest BCUT2D eigenvalue weighted by Crippen LogP contribution is 2.38. The number of hydrogen-bond acceptors (Lipinski definition) is 6. The maximum atomic E-state index is 10.4. The Balaban J connectivity index is 1.58. The van der Waals surface area contributed by atoms with Gasteiger partial charge in [0.05, 0.1) is 5.52 Å². The number of rotatable bonds is 2. The van der Waals surface area contributed by atoms with Crippen molar-refractivity contribution in [2.45, 2.75) is 13.3 Å². The number of hydrogen-bond donors (Lipinski definition) is 2. The first kappa shape index (κ1) is 17.6. The zero-order chi connectivity index (χ0) is 20.3. The van der Waals surface area contributed by atoms with Crippen molar-refractivity contribution in [2.75, 3.05) is 31.1 Å². The van der Waals surface area contributed by atoms with E-state index in [1.54, 1.807) is 12.1 Å². The average Bonchev–Trinajstić information content (AvgIpc) is 3.18. The van der Waals surface area contributed by atoms with Crippen molar-refractivity contribution in [3.05, 3.63) is 54.2 Å². The van der Waals surface area contributed by atoms with Crippen LogP contribution >= 0.6 is 0 Å². The van der Waals surface area contributed by atoms with Gasteiger partial charge in [-0.25, -0.2) is 9.97 Å². The number of aromatic nitrogens is 3. The largest absolute Gasteiger partial charge is 0.508 e. The molecular weight excluding hydrogens is 374 g/mol. The van der Waals surface area contributed by atoms with E-state index in [4.69, 9.17) is 9.97 Å². The molecule has 0 aliphatic carbocycles. The molecule has 0 bridgehead atoms. The van der Waals surface area contributed by atoms with Crippen LogP contribution in [0.15, 0.2) is 48.7 Å². The van der Waals surface area contributed by atoms with Gasteiger partial charge in [0, 0.05) is 43.4 Å². The van der Waals surface area contributed by atoms with Crippen LogP contribution in [0.3, 0.4) is 0 Å². The van der Waals surface area contributed by atoms with E-state index in [9.17, 15) is 5.11 Å². The van der Waals surface area contributed by atoms with Gasteiger partial charge in [0.2, 0.25) is 5.95 Å². The lowest BCUT2D eigenvalue weighted by atomic mass is 9.81. The van der Waals surface area contributed by atoms with E-state index < -0.39 is 0 Å². The highest BCUT2D eigenvalue weighted by atomic mass is 16.3. The minimum atomic E-state index is 0.227. The van der Waals surface area contributed by atoms with E-state index in [1.807, 2.05) is 31.3 Å². The lowest BCUT2D eigenvalue weighted by Gasteiger charge is -2.39. The number of fused-ring (bicyclic) bond motifs is 2. The minimum absolute atomic E-state index is 0.227. The molecule has 0 saturated carbocycles. The number of nitrogens with zero attached hydrogens (tertiary/aromatic N) is 4. The van der Waals surface area contributed by atoms with E-state index in [-0.39, 0.29) is 5.75 Å². The number of nitrogens with one attached hydrogen (secondary N) is 1. The molecule has 2 aliphatic rings. The molecule has 2 N–H and O–H groups in total. The molecule has 4 aromatic rings. The van der Waals surface area contributed by atoms with Crippen molar-refractivity contribution >= 4 is 27.8 Å². The number of anilines is 1. The van der Waals surface area contributed by atoms with Crippen molar-refractivity contribution < 1.29 is 5.11 Å². The maximum Gasteiger partial charge on any atom is 0.226 e. The van der Waals surface area contributed by atoms with E-state index in [0.717, 1.165) is 77.2 Å². The van der Waals surface area contributed by atoms with Gasteiger partial charge >= 0.3 is 0 Å². The normalized spacial score (nSPS) is 17.7. The number of benzene rings is 2. The summed E-state index contributed by atoms with van der Waals surface area (Å²) in [6.45, 7) is 6.11. The van der Waals surface area contributed by atoms with Gasteiger partial charge < -0.3 is 15.3 Å². The maximum absolute atomic E-state index is 10.4. The molecule has 1 spiro atoms. The summed E-state index contributed by atoms with van der Waals surface area (Å²) in [5, 5.41) is 15.8. The summed E-state index contributed by atoms with van der Waals surface area (Å²) in [5.41, 5.74) is 4.69. The molecule has 6 rings (SSSR count). The molecule has 2 saturated heterocycles. The Morgan fingerprint density at radius 2 is 1.97 bits per heavy atom. The number of aromatic hydroxyl groups is 1. The molecule has 0 atom stereocenters. The van der Waals surface area contributed by atoms with Gasteiger partial charge in [-0.15, -0.1) is 0 Å². The Bertz CT molecular complexity index is 1300. The summed E-state index contributed by atoms with van der Waals surface area (Å²) >= 11 is 0. The van der Waals surface area contributed by atoms with Gasteiger partial charge in [-0.3, -0.25) is 4.98 Å². The summed E-state index contributed by atoms with van der Waals surface area (Å²) in [5.74, 6) is 0.978. The zero-order valence-electron chi connectivity index (χ0n) is 16.9. The molecule has 6 nitrogen and oxygen atoms in total. The van der Waals surface area contributed by atoms with E-state index in [1.165, 1.54) is 0 Å². The molecule has 0 radical (unpaired) electrons. The predicted octanol–water partition coefficient (Wildman–Crippen LogP) is 3.66. The van der Waals surface area contributed by atoms with Gasteiger partial charge in [0.1, 0.15) is 17.0 Å². The summed E-state index contributed by atoms with van der Waals surface area (Å²) in [6, 6.07) is 13.7. The summed E-state index contributed by atoms with van der Waals surface area (Å²) in [4.78, 5) is 16.9. The third-order valence-electron chi connectivity index (χ3n) is 6.48. The fourth-order valence-electron chi connectivity index (χ4n) is 4.80. The number of phenolic OH excluding ortho intramolecular Hbond substituents is 1. The van der Waals surface area contributed by atoms with Crippen LogP contribution in [0.5, 0.6) is 5.75 Å². The van der Waals surface area contributed by atoms with Crippen molar-refractivity contribution in [1.82, 2.24) is 20.3 Å². The molecule has 0 unspecified atom stereocenters. The van der Waals surface area contributed by atoms with Crippen LogP contribution < -0.4 is 10.2 Å².